The van der Waals surface area contributed by atoms with Crippen LogP contribution in [-0.4, -0.2) is 30.0 Å². The number of rotatable bonds is 6. The maximum absolute atomic E-state index is 12.3. The first-order chi connectivity index (χ1) is 11.1. The largest absolute Gasteiger partial charge is 0.493 e. The van der Waals surface area contributed by atoms with Gasteiger partial charge in [0.25, 0.3) is 11.6 Å². The molecule has 120 valence electrons. The molecule has 0 saturated heterocycles. The quantitative estimate of drug-likeness (QED) is 0.645. The number of nitrogens with one attached hydrogen (secondary N) is 1. The van der Waals surface area contributed by atoms with Crippen molar-refractivity contribution in [1.82, 2.24) is 10.3 Å². The van der Waals surface area contributed by atoms with Crippen molar-refractivity contribution in [3.8, 4) is 11.5 Å². The number of benzene rings is 1. The van der Waals surface area contributed by atoms with Gasteiger partial charge in [0.15, 0.2) is 11.5 Å². The molecule has 1 aromatic heterocycles. The van der Waals surface area contributed by atoms with E-state index in [1.54, 1.807) is 24.5 Å². The number of carbonyl (C=O) groups is 1. The van der Waals surface area contributed by atoms with Gasteiger partial charge in [0, 0.05) is 25.0 Å². The number of ether oxygens (including phenoxy) is 2. The van der Waals surface area contributed by atoms with Crippen molar-refractivity contribution in [2.45, 2.75) is 6.54 Å². The normalized spacial score (nSPS) is 10.0. The molecule has 0 aliphatic rings. The Labute approximate surface area is 132 Å². The first-order valence-electron chi connectivity index (χ1n) is 6.64. The molecular formula is C15H15N3O5. The highest BCUT2D eigenvalue weighted by Gasteiger charge is 2.24. The lowest BCUT2D eigenvalue weighted by atomic mass is 10.1. The molecule has 2 aromatic rings. The summed E-state index contributed by atoms with van der Waals surface area (Å²) in [6.07, 6.45) is 3.22. The van der Waals surface area contributed by atoms with E-state index in [0.717, 1.165) is 11.6 Å². The molecule has 1 amide bonds. The summed E-state index contributed by atoms with van der Waals surface area (Å²) < 4.78 is 10.1. The van der Waals surface area contributed by atoms with Crippen LogP contribution in [-0.2, 0) is 6.54 Å². The number of amides is 1. The first-order valence-corrected chi connectivity index (χ1v) is 6.64. The second-order valence-corrected chi connectivity index (χ2v) is 4.53. The summed E-state index contributed by atoms with van der Waals surface area (Å²) in [5, 5.41) is 13.8. The molecule has 8 heteroatoms. The number of nitro benzene ring substituents is 1. The summed E-state index contributed by atoms with van der Waals surface area (Å²) in [6.45, 7) is 0.207. The van der Waals surface area contributed by atoms with Crippen LogP contribution in [0.4, 0.5) is 5.69 Å². The van der Waals surface area contributed by atoms with Crippen LogP contribution in [0.3, 0.4) is 0 Å². The summed E-state index contributed by atoms with van der Waals surface area (Å²) in [6, 6.07) is 5.98. The summed E-state index contributed by atoms with van der Waals surface area (Å²) >= 11 is 0. The average molecular weight is 317 g/mol. The predicted octanol–water partition coefficient (Wildman–Crippen LogP) is 1.94. The SMILES string of the molecule is COc1cc(C(=O)NCc2cccnc2)c([N+](=O)[O-])cc1OC. The fraction of sp³-hybridized carbons (Fsp3) is 0.200. The third-order valence-corrected chi connectivity index (χ3v) is 3.12. The van der Waals surface area contributed by atoms with Gasteiger partial charge in [-0.1, -0.05) is 6.07 Å². The Bertz CT molecular complexity index is 719. The topological polar surface area (TPSA) is 104 Å². The molecule has 1 heterocycles. The van der Waals surface area contributed by atoms with E-state index >= 15 is 0 Å². The second kappa shape index (κ2) is 7.21. The van der Waals surface area contributed by atoms with Crippen LogP contribution < -0.4 is 14.8 Å². The van der Waals surface area contributed by atoms with Gasteiger partial charge in [-0.25, -0.2) is 0 Å². The summed E-state index contributed by atoms with van der Waals surface area (Å²) in [7, 11) is 2.75. The van der Waals surface area contributed by atoms with Gasteiger partial charge in [-0.15, -0.1) is 0 Å². The number of carbonyl (C=O) groups excluding carboxylic acids is 1. The van der Waals surface area contributed by atoms with Crippen LogP contribution in [0.15, 0.2) is 36.7 Å². The van der Waals surface area contributed by atoms with Crippen molar-refractivity contribution in [2.24, 2.45) is 0 Å². The second-order valence-electron chi connectivity index (χ2n) is 4.53. The maximum Gasteiger partial charge on any atom is 0.286 e. The Morgan fingerprint density at radius 1 is 1.30 bits per heavy atom. The fourth-order valence-electron chi connectivity index (χ4n) is 1.98. The average Bonchev–Trinajstić information content (AvgIpc) is 2.59. The zero-order chi connectivity index (χ0) is 16.8. The lowest BCUT2D eigenvalue weighted by Crippen LogP contribution is -2.24. The minimum absolute atomic E-state index is 0.100. The Balaban J connectivity index is 2.29. The van der Waals surface area contributed by atoms with E-state index in [1.807, 2.05) is 0 Å². The van der Waals surface area contributed by atoms with E-state index in [2.05, 4.69) is 10.3 Å². The summed E-state index contributed by atoms with van der Waals surface area (Å²) in [5.74, 6) is -0.158. The molecule has 0 unspecified atom stereocenters. The highest BCUT2D eigenvalue weighted by atomic mass is 16.6. The summed E-state index contributed by atoms with van der Waals surface area (Å²) in [5.41, 5.74) is 0.326. The van der Waals surface area contributed by atoms with Crippen LogP contribution in [0, 0.1) is 10.1 Å². The van der Waals surface area contributed by atoms with Crippen LogP contribution >= 0.6 is 0 Å². The minimum Gasteiger partial charge on any atom is -0.493 e. The molecule has 1 N–H and O–H groups in total. The zero-order valence-electron chi connectivity index (χ0n) is 12.6. The number of aromatic nitrogens is 1. The van der Waals surface area contributed by atoms with Crippen LogP contribution in [0.5, 0.6) is 11.5 Å². The predicted molar refractivity (Wildman–Crippen MR) is 81.6 cm³/mol. The van der Waals surface area contributed by atoms with Gasteiger partial charge in [-0.05, 0) is 11.6 Å². The van der Waals surface area contributed by atoms with Gasteiger partial charge >= 0.3 is 0 Å². The van der Waals surface area contributed by atoms with E-state index in [0.29, 0.717) is 0 Å². The van der Waals surface area contributed by atoms with Gasteiger partial charge in [-0.3, -0.25) is 19.9 Å². The minimum atomic E-state index is -0.638. The smallest absolute Gasteiger partial charge is 0.286 e. The molecule has 0 aliphatic carbocycles. The van der Waals surface area contributed by atoms with E-state index in [4.69, 9.17) is 9.47 Å². The number of hydrogen-bond donors (Lipinski definition) is 1. The van der Waals surface area contributed by atoms with E-state index in [-0.39, 0.29) is 29.3 Å². The standard InChI is InChI=1S/C15H15N3O5/c1-22-13-6-11(12(18(20)21)7-14(13)23-2)15(19)17-9-10-4-3-5-16-8-10/h3-8H,9H2,1-2H3,(H,17,19). The number of hydrogen-bond acceptors (Lipinski definition) is 6. The van der Waals surface area contributed by atoms with Crippen molar-refractivity contribution in [3.63, 3.8) is 0 Å². The Hall–Kier alpha value is -3.16. The maximum atomic E-state index is 12.3. The Morgan fingerprint density at radius 3 is 2.57 bits per heavy atom. The van der Waals surface area contributed by atoms with Crippen molar-refractivity contribution in [3.05, 3.63) is 57.9 Å². The van der Waals surface area contributed by atoms with Gasteiger partial charge < -0.3 is 14.8 Å². The molecule has 0 bridgehead atoms. The summed E-state index contributed by atoms with van der Waals surface area (Å²) in [4.78, 5) is 26.8. The van der Waals surface area contributed by atoms with Gasteiger partial charge in [0.1, 0.15) is 5.56 Å². The third-order valence-electron chi connectivity index (χ3n) is 3.12. The van der Waals surface area contributed by atoms with Crippen LogP contribution in [0.25, 0.3) is 0 Å². The number of nitrogens with zero attached hydrogens (tertiary/aromatic N) is 2. The first kappa shape index (κ1) is 16.2. The molecule has 0 aliphatic heterocycles. The van der Waals surface area contributed by atoms with Crippen molar-refractivity contribution in [1.29, 1.82) is 0 Å². The number of pyridine rings is 1. The number of methoxy groups -OCH3 is 2. The van der Waals surface area contributed by atoms with E-state index in [9.17, 15) is 14.9 Å². The van der Waals surface area contributed by atoms with Gasteiger partial charge in [0.2, 0.25) is 0 Å². The third kappa shape index (κ3) is 3.73. The molecule has 0 fully saturated rings. The Morgan fingerprint density at radius 2 is 2.00 bits per heavy atom. The molecule has 0 radical (unpaired) electrons. The molecule has 0 atom stereocenters. The van der Waals surface area contributed by atoms with E-state index < -0.39 is 10.8 Å². The molecular weight excluding hydrogens is 302 g/mol. The van der Waals surface area contributed by atoms with Gasteiger partial charge in [-0.2, -0.15) is 0 Å². The molecule has 8 nitrogen and oxygen atoms in total. The van der Waals surface area contributed by atoms with Gasteiger partial charge in [0.05, 0.1) is 25.2 Å². The fourth-order valence-corrected chi connectivity index (χ4v) is 1.98. The number of nitro groups is 1. The van der Waals surface area contributed by atoms with E-state index in [1.165, 1.54) is 20.3 Å². The highest BCUT2D eigenvalue weighted by molar-refractivity contribution is 5.99. The van der Waals surface area contributed by atoms with Crippen molar-refractivity contribution < 1.29 is 19.2 Å². The highest BCUT2D eigenvalue weighted by Crippen LogP contribution is 2.34. The molecule has 23 heavy (non-hydrogen) atoms. The zero-order valence-corrected chi connectivity index (χ0v) is 12.6. The lowest BCUT2D eigenvalue weighted by Gasteiger charge is -2.11. The monoisotopic (exact) mass is 317 g/mol. The van der Waals surface area contributed by atoms with Crippen molar-refractivity contribution >= 4 is 11.6 Å². The van der Waals surface area contributed by atoms with Crippen LogP contribution in [0.2, 0.25) is 0 Å². The molecule has 2 rings (SSSR count). The van der Waals surface area contributed by atoms with Crippen molar-refractivity contribution in [2.75, 3.05) is 14.2 Å². The van der Waals surface area contributed by atoms with Crippen LogP contribution in [0.1, 0.15) is 15.9 Å². The Kier molecular flexibility index (Phi) is 5.08. The molecule has 0 spiro atoms. The molecule has 1 aromatic carbocycles. The lowest BCUT2D eigenvalue weighted by molar-refractivity contribution is -0.385. The molecule has 0 saturated carbocycles.